The second-order valence-corrected chi connectivity index (χ2v) is 5.32. The van der Waals surface area contributed by atoms with E-state index in [9.17, 15) is 9.59 Å². The van der Waals surface area contributed by atoms with E-state index in [-0.39, 0.29) is 5.92 Å². The zero-order valence-corrected chi connectivity index (χ0v) is 12.2. The maximum absolute atomic E-state index is 10.9. The average molecular weight is 292 g/mol. The maximum Gasteiger partial charge on any atom is 0.166 e. The first-order valence-electron chi connectivity index (χ1n) is 7.06. The van der Waals surface area contributed by atoms with Gasteiger partial charge >= 0.3 is 0 Å². The van der Waals surface area contributed by atoms with Crippen LogP contribution in [-0.2, 0) is 0 Å². The molecule has 3 rings (SSSR count). The van der Waals surface area contributed by atoms with Gasteiger partial charge in [-0.1, -0.05) is 29.8 Å². The van der Waals surface area contributed by atoms with E-state index in [1.807, 2.05) is 19.1 Å². The third-order valence-electron chi connectivity index (χ3n) is 3.75. The summed E-state index contributed by atoms with van der Waals surface area (Å²) in [7, 11) is 0. The molecule has 0 aliphatic heterocycles. The zero-order valence-electron chi connectivity index (χ0n) is 12.2. The normalized spacial score (nSPS) is 10.8. The van der Waals surface area contributed by atoms with Gasteiger partial charge in [0.05, 0.1) is 17.3 Å². The number of aromatic amines is 2. The van der Waals surface area contributed by atoms with Gasteiger partial charge in [-0.15, -0.1) is 0 Å². The van der Waals surface area contributed by atoms with E-state index in [4.69, 9.17) is 0 Å². The van der Waals surface area contributed by atoms with Crippen molar-refractivity contribution >= 4 is 12.6 Å². The molecule has 22 heavy (non-hydrogen) atoms. The van der Waals surface area contributed by atoms with Crippen molar-refractivity contribution < 1.29 is 9.59 Å². The summed E-state index contributed by atoms with van der Waals surface area (Å²) in [5.74, 6) is -0.0806. The van der Waals surface area contributed by atoms with Crippen LogP contribution in [0.1, 0.15) is 49.4 Å². The highest BCUT2D eigenvalue weighted by Crippen LogP contribution is 2.30. The number of hydrogen-bond donors (Lipinski definition) is 2. The molecule has 0 aliphatic rings. The number of aromatic nitrogens is 2. The first-order valence-corrected chi connectivity index (χ1v) is 7.06. The van der Waals surface area contributed by atoms with Gasteiger partial charge in [0.1, 0.15) is 0 Å². The quantitative estimate of drug-likeness (QED) is 0.707. The number of carbonyl (C=O) groups is 2. The Balaban J connectivity index is 2.10. The lowest BCUT2D eigenvalue weighted by Gasteiger charge is -2.15. The van der Waals surface area contributed by atoms with Gasteiger partial charge in [0, 0.05) is 11.4 Å². The fourth-order valence-corrected chi connectivity index (χ4v) is 2.62. The Hall–Kier alpha value is -2.88. The lowest BCUT2D eigenvalue weighted by atomic mass is 9.92. The van der Waals surface area contributed by atoms with Crippen molar-refractivity contribution in [2.75, 3.05) is 0 Å². The summed E-state index contributed by atoms with van der Waals surface area (Å²) in [4.78, 5) is 28.1. The van der Waals surface area contributed by atoms with E-state index in [2.05, 4.69) is 34.2 Å². The Bertz CT molecular complexity index is 750. The van der Waals surface area contributed by atoms with Crippen LogP contribution in [0.3, 0.4) is 0 Å². The molecule has 1 aromatic carbocycles. The Morgan fingerprint density at radius 3 is 1.68 bits per heavy atom. The van der Waals surface area contributed by atoms with Gasteiger partial charge in [-0.05, 0) is 36.8 Å². The summed E-state index contributed by atoms with van der Waals surface area (Å²) in [6.07, 6.45) is 1.59. The van der Waals surface area contributed by atoms with Gasteiger partial charge in [-0.2, -0.15) is 0 Å². The summed E-state index contributed by atoms with van der Waals surface area (Å²) in [5.41, 5.74) is 5.16. The summed E-state index contributed by atoms with van der Waals surface area (Å²) in [6, 6.07) is 15.5. The molecule has 0 amide bonds. The average Bonchev–Trinajstić information content (AvgIpc) is 3.19. The smallest absolute Gasteiger partial charge is 0.166 e. The minimum atomic E-state index is -0.0806. The molecule has 2 heterocycles. The minimum absolute atomic E-state index is 0.0806. The number of H-pyrrole nitrogens is 2. The summed E-state index contributed by atoms with van der Waals surface area (Å²) >= 11 is 0. The molecule has 4 nitrogen and oxygen atoms in total. The topological polar surface area (TPSA) is 65.7 Å². The predicted molar refractivity (Wildman–Crippen MR) is 84.5 cm³/mol. The number of nitrogens with one attached hydrogen (secondary N) is 2. The zero-order chi connectivity index (χ0) is 15.5. The Morgan fingerprint density at radius 1 is 0.773 bits per heavy atom. The monoisotopic (exact) mass is 292 g/mol. The standard InChI is InChI=1S/C18H16N2O2/c1-12-2-4-13(5-3-12)18(16-8-6-14(10-21)19-16)17-9-7-15(11-22)20-17/h2-11,18-20H,1H3. The highest BCUT2D eigenvalue weighted by molar-refractivity contribution is 5.73. The summed E-state index contributed by atoms with van der Waals surface area (Å²) in [5, 5.41) is 0. The van der Waals surface area contributed by atoms with Crippen LogP contribution in [0, 0.1) is 6.92 Å². The third-order valence-corrected chi connectivity index (χ3v) is 3.75. The van der Waals surface area contributed by atoms with Crippen LogP contribution in [0.15, 0.2) is 48.5 Å². The van der Waals surface area contributed by atoms with Gasteiger partial charge in [0.2, 0.25) is 0 Å². The van der Waals surface area contributed by atoms with Crippen molar-refractivity contribution in [1.82, 2.24) is 9.97 Å². The van der Waals surface area contributed by atoms with E-state index in [0.29, 0.717) is 11.4 Å². The molecule has 0 fully saturated rings. The molecule has 0 radical (unpaired) electrons. The summed E-state index contributed by atoms with van der Waals surface area (Å²) in [6.45, 7) is 2.04. The van der Waals surface area contributed by atoms with Crippen LogP contribution in [0.25, 0.3) is 0 Å². The van der Waals surface area contributed by atoms with Gasteiger partial charge < -0.3 is 9.97 Å². The second-order valence-electron chi connectivity index (χ2n) is 5.32. The second kappa shape index (κ2) is 5.85. The van der Waals surface area contributed by atoms with Crippen LogP contribution in [0.5, 0.6) is 0 Å². The van der Waals surface area contributed by atoms with Crippen LogP contribution in [-0.4, -0.2) is 22.5 Å². The number of benzene rings is 1. The van der Waals surface area contributed by atoms with Crippen molar-refractivity contribution in [1.29, 1.82) is 0 Å². The van der Waals surface area contributed by atoms with E-state index in [1.165, 1.54) is 5.56 Å². The predicted octanol–water partition coefficient (Wildman–Crippen LogP) is 3.46. The van der Waals surface area contributed by atoms with Gasteiger partial charge in [0.25, 0.3) is 0 Å². The first-order chi connectivity index (χ1) is 10.7. The molecular formula is C18H16N2O2. The Morgan fingerprint density at radius 2 is 1.27 bits per heavy atom. The van der Waals surface area contributed by atoms with Crippen LogP contribution < -0.4 is 0 Å². The number of aryl methyl sites for hydroxylation is 1. The minimum Gasteiger partial charge on any atom is -0.355 e. The molecule has 0 atom stereocenters. The Labute approximate surface area is 128 Å². The number of rotatable bonds is 5. The van der Waals surface area contributed by atoms with E-state index in [1.54, 1.807) is 12.1 Å². The molecule has 3 aromatic rings. The van der Waals surface area contributed by atoms with Crippen molar-refractivity contribution in [3.05, 3.63) is 82.4 Å². The van der Waals surface area contributed by atoms with Crippen molar-refractivity contribution in [3.8, 4) is 0 Å². The van der Waals surface area contributed by atoms with Crippen molar-refractivity contribution in [3.63, 3.8) is 0 Å². The number of aldehydes is 2. The molecule has 0 unspecified atom stereocenters. The number of carbonyl (C=O) groups excluding carboxylic acids is 2. The molecule has 110 valence electrons. The fraction of sp³-hybridized carbons (Fsp3) is 0.111. The van der Waals surface area contributed by atoms with E-state index in [0.717, 1.165) is 29.5 Å². The fourth-order valence-electron chi connectivity index (χ4n) is 2.62. The van der Waals surface area contributed by atoms with Gasteiger partial charge in [-0.3, -0.25) is 9.59 Å². The van der Waals surface area contributed by atoms with Crippen molar-refractivity contribution in [2.45, 2.75) is 12.8 Å². The Kier molecular flexibility index (Phi) is 3.74. The molecule has 0 saturated carbocycles. The molecule has 4 heteroatoms. The van der Waals surface area contributed by atoms with Crippen molar-refractivity contribution in [2.24, 2.45) is 0 Å². The highest BCUT2D eigenvalue weighted by atomic mass is 16.1. The van der Waals surface area contributed by atoms with Crippen LogP contribution in [0.2, 0.25) is 0 Å². The largest absolute Gasteiger partial charge is 0.355 e. The first kappa shape index (κ1) is 14.1. The third kappa shape index (κ3) is 2.63. The SMILES string of the molecule is Cc1ccc(C(c2ccc(C=O)[nH]2)c2ccc(C=O)[nH]2)cc1. The number of hydrogen-bond acceptors (Lipinski definition) is 2. The molecule has 0 spiro atoms. The molecular weight excluding hydrogens is 276 g/mol. The molecule has 0 bridgehead atoms. The highest BCUT2D eigenvalue weighted by Gasteiger charge is 2.20. The van der Waals surface area contributed by atoms with E-state index < -0.39 is 0 Å². The van der Waals surface area contributed by atoms with E-state index >= 15 is 0 Å². The molecule has 0 saturated heterocycles. The molecule has 2 N–H and O–H groups in total. The van der Waals surface area contributed by atoms with Gasteiger partial charge in [-0.25, -0.2) is 0 Å². The molecule has 0 aliphatic carbocycles. The maximum atomic E-state index is 10.9. The lowest BCUT2D eigenvalue weighted by molar-refractivity contribution is 0.111. The van der Waals surface area contributed by atoms with Gasteiger partial charge in [0.15, 0.2) is 12.6 Å². The van der Waals surface area contributed by atoms with Crippen LogP contribution >= 0.6 is 0 Å². The molecule has 2 aromatic heterocycles. The lowest BCUT2D eigenvalue weighted by Crippen LogP contribution is -2.05. The van der Waals surface area contributed by atoms with Crippen LogP contribution in [0.4, 0.5) is 0 Å². The summed E-state index contributed by atoms with van der Waals surface area (Å²) < 4.78 is 0.